The van der Waals surface area contributed by atoms with Crippen LogP contribution in [0.4, 0.5) is 11.4 Å². The number of hydrogen-bond donors (Lipinski definition) is 1. The van der Waals surface area contributed by atoms with Crippen molar-refractivity contribution in [3.63, 3.8) is 0 Å². The summed E-state index contributed by atoms with van der Waals surface area (Å²) in [6, 6.07) is 19.4. The highest BCUT2D eigenvalue weighted by molar-refractivity contribution is 7.98. The Labute approximate surface area is 197 Å². The monoisotopic (exact) mass is 484 g/mol. The van der Waals surface area contributed by atoms with Gasteiger partial charge in [0.05, 0.1) is 23.3 Å². The Hall–Kier alpha value is -3.30. The molecule has 3 rings (SSSR count). The van der Waals surface area contributed by atoms with Gasteiger partial charge in [-0.25, -0.2) is 13.2 Å². The number of nitrogens with zero attached hydrogens (tertiary/aromatic N) is 1. The van der Waals surface area contributed by atoms with E-state index in [1.807, 2.05) is 6.26 Å². The Morgan fingerprint density at radius 1 is 0.909 bits per heavy atom. The van der Waals surface area contributed by atoms with Crippen LogP contribution in [0, 0.1) is 0 Å². The number of carbonyl (C=O) groups is 2. The smallest absolute Gasteiger partial charge is 0.337 e. The van der Waals surface area contributed by atoms with Gasteiger partial charge in [-0.15, -0.1) is 11.8 Å². The Bertz CT molecular complexity index is 1220. The number of sulfonamides is 1. The summed E-state index contributed by atoms with van der Waals surface area (Å²) >= 11 is 1.54. The molecule has 0 aliphatic heterocycles. The molecule has 0 aliphatic carbocycles. The molecule has 7 nitrogen and oxygen atoms in total. The number of hydrogen-bond acceptors (Lipinski definition) is 6. The molecule has 0 saturated carbocycles. The van der Waals surface area contributed by atoms with Crippen LogP contribution >= 0.6 is 11.8 Å². The van der Waals surface area contributed by atoms with Gasteiger partial charge in [-0.05, 0) is 86.0 Å². The van der Waals surface area contributed by atoms with Crippen molar-refractivity contribution < 1.29 is 22.7 Å². The van der Waals surface area contributed by atoms with E-state index in [1.165, 1.54) is 23.2 Å². The van der Waals surface area contributed by atoms with Crippen molar-refractivity contribution in [1.29, 1.82) is 0 Å². The molecule has 0 bridgehead atoms. The van der Waals surface area contributed by atoms with E-state index in [0.29, 0.717) is 22.5 Å². The predicted octanol–water partition coefficient (Wildman–Crippen LogP) is 4.66. The van der Waals surface area contributed by atoms with Crippen LogP contribution in [0.25, 0.3) is 0 Å². The van der Waals surface area contributed by atoms with Crippen molar-refractivity contribution in [1.82, 2.24) is 0 Å². The van der Waals surface area contributed by atoms with Crippen molar-refractivity contribution in [2.24, 2.45) is 0 Å². The van der Waals surface area contributed by atoms with Crippen LogP contribution in [0.1, 0.15) is 27.6 Å². The van der Waals surface area contributed by atoms with Gasteiger partial charge in [0.25, 0.3) is 15.9 Å². The van der Waals surface area contributed by atoms with Crippen LogP contribution in [0.3, 0.4) is 0 Å². The first-order valence-electron chi connectivity index (χ1n) is 10.1. The minimum atomic E-state index is -3.74. The molecule has 33 heavy (non-hydrogen) atoms. The fourth-order valence-corrected chi connectivity index (χ4v) is 5.04. The van der Waals surface area contributed by atoms with Gasteiger partial charge in [0.2, 0.25) is 0 Å². The number of carbonyl (C=O) groups excluding carboxylic acids is 2. The van der Waals surface area contributed by atoms with E-state index in [2.05, 4.69) is 10.1 Å². The molecule has 3 aromatic carbocycles. The number of nitrogens with one attached hydrogen (secondary N) is 1. The minimum absolute atomic E-state index is 0.208. The minimum Gasteiger partial charge on any atom is -0.465 e. The van der Waals surface area contributed by atoms with Crippen molar-refractivity contribution in [3.05, 3.63) is 83.9 Å². The molecule has 172 valence electrons. The molecule has 0 saturated heterocycles. The molecule has 0 radical (unpaired) electrons. The van der Waals surface area contributed by atoms with E-state index in [4.69, 9.17) is 0 Å². The van der Waals surface area contributed by atoms with Crippen LogP contribution in [0.15, 0.2) is 82.6 Å². The second-order valence-corrected chi connectivity index (χ2v) is 9.66. The Morgan fingerprint density at radius 2 is 1.48 bits per heavy atom. The largest absolute Gasteiger partial charge is 0.465 e. The third-order valence-electron chi connectivity index (χ3n) is 4.92. The second-order valence-electron chi connectivity index (χ2n) is 6.92. The number of rotatable bonds is 8. The number of anilines is 2. The fourth-order valence-electron chi connectivity index (χ4n) is 3.16. The van der Waals surface area contributed by atoms with Crippen LogP contribution in [-0.2, 0) is 14.8 Å². The highest BCUT2D eigenvalue weighted by Crippen LogP contribution is 2.26. The molecular weight excluding hydrogens is 460 g/mol. The quantitative estimate of drug-likeness (QED) is 0.369. The fraction of sp³-hybridized carbons (Fsp3) is 0.167. The summed E-state index contributed by atoms with van der Waals surface area (Å²) in [6.45, 7) is 2.00. The summed E-state index contributed by atoms with van der Waals surface area (Å²) in [7, 11) is -2.44. The van der Waals surface area contributed by atoms with Crippen molar-refractivity contribution in [3.8, 4) is 0 Å². The standard InChI is InChI=1S/C24H24N2O5S2/c1-4-26(33(29,30)22-15-13-21(32-3)14-16-22)20-11-7-17(8-12-20)23(27)25-19-9-5-18(6-10-19)24(28)31-2/h5-16H,4H2,1-3H3,(H,25,27). The van der Waals surface area contributed by atoms with Crippen LogP contribution in [0.2, 0.25) is 0 Å². The summed E-state index contributed by atoms with van der Waals surface area (Å²) in [5.41, 5.74) is 1.73. The second kappa shape index (κ2) is 10.5. The summed E-state index contributed by atoms with van der Waals surface area (Å²) in [5, 5.41) is 2.75. The zero-order valence-corrected chi connectivity index (χ0v) is 20.1. The SMILES string of the molecule is CCN(c1ccc(C(=O)Nc2ccc(C(=O)OC)cc2)cc1)S(=O)(=O)c1ccc(SC)cc1. The first-order chi connectivity index (χ1) is 15.8. The highest BCUT2D eigenvalue weighted by Gasteiger charge is 2.23. The zero-order chi connectivity index (χ0) is 24.0. The molecule has 0 spiro atoms. The molecule has 0 aromatic heterocycles. The highest BCUT2D eigenvalue weighted by atomic mass is 32.2. The van der Waals surface area contributed by atoms with Gasteiger partial charge in [-0.2, -0.15) is 0 Å². The molecule has 1 amide bonds. The Morgan fingerprint density at radius 3 is 2.00 bits per heavy atom. The number of methoxy groups -OCH3 is 1. The lowest BCUT2D eigenvalue weighted by Crippen LogP contribution is -2.30. The van der Waals surface area contributed by atoms with Crippen LogP contribution in [-0.4, -0.2) is 40.2 Å². The molecule has 3 aromatic rings. The summed E-state index contributed by atoms with van der Waals surface area (Å²) < 4.78 is 32.2. The summed E-state index contributed by atoms with van der Waals surface area (Å²) in [6.07, 6.45) is 1.93. The average Bonchev–Trinajstić information content (AvgIpc) is 2.84. The lowest BCUT2D eigenvalue weighted by atomic mass is 10.1. The average molecular weight is 485 g/mol. The lowest BCUT2D eigenvalue weighted by Gasteiger charge is -2.23. The van der Waals surface area contributed by atoms with Crippen molar-refractivity contribution in [2.75, 3.05) is 29.5 Å². The number of esters is 1. The van der Waals surface area contributed by atoms with Crippen LogP contribution < -0.4 is 9.62 Å². The lowest BCUT2D eigenvalue weighted by molar-refractivity contribution is 0.0600. The van der Waals surface area contributed by atoms with Gasteiger partial charge in [-0.3, -0.25) is 9.10 Å². The Balaban J connectivity index is 1.76. The van der Waals surface area contributed by atoms with E-state index >= 15 is 0 Å². The van der Waals surface area contributed by atoms with Gasteiger partial charge in [0.15, 0.2) is 0 Å². The third-order valence-corrected chi connectivity index (χ3v) is 7.58. The van der Waals surface area contributed by atoms with Gasteiger partial charge in [-0.1, -0.05) is 0 Å². The molecule has 1 N–H and O–H groups in total. The van der Waals surface area contributed by atoms with E-state index < -0.39 is 16.0 Å². The van der Waals surface area contributed by atoms with E-state index in [9.17, 15) is 18.0 Å². The molecule has 9 heteroatoms. The van der Waals surface area contributed by atoms with Gasteiger partial charge in [0.1, 0.15) is 0 Å². The maximum Gasteiger partial charge on any atom is 0.337 e. The normalized spacial score (nSPS) is 11.0. The third kappa shape index (κ3) is 5.55. The van der Waals surface area contributed by atoms with E-state index in [0.717, 1.165) is 4.90 Å². The van der Waals surface area contributed by atoms with Gasteiger partial charge >= 0.3 is 5.97 Å². The van der Waals surface area contributed by atoms with Gasteiger partial charge in [0, 0.05) is 22.7 Å². The summed E-state index contributed by atoms with van der Waals surface area (Å²) in [4.78, 5) is 25.3. The maximum absolute atomic E-state index is 13.1. The first-order valence-corrected chi connectivity index (χ1v) is 12.7. The number of thioether (sulfide) groups is 1. The number of amides is 1. The van der Waals surface area contributed by atoms with Crippen molar-refractivity contribution in [2.45, 2.75) is 16.7 Å². The maximum atomic E-state index is 13.1. The molecule has 0 aliphatic rings. The Kier molecular flexibility index (Phi) is 7.78. The zero-order valence-electron chi connectivity index (χ0n) is 18.4. The topological polar surface area (TPSA) is 92.8 Å². The first kappa shape index (κ1) is 24.3. The number of benzene rings is 3. The molecule has 0 fully saturated rings. The van der Waals surface area contributed by atoms with E-state index in [-0.39, 0.29) is 17.3 Å². The molecule has 0 unspecified atom stereocenters. The van der Waals surface area contributed by atoms with Crippen molar-refractivity contribution >= 4 is 45.0 Å². The molecule has 0 atom stereocenters. The molecular formula is C24H24N2O5S2. The van der Waals surface area contributed by atoms with Gasteiger partial charge < -0.3 is 10.1 Å². The van der Waals surface area contributed by atoms with Crippen LogP contribution in [0.5, 0.6) is 0 Å². The predicted molar refractivity (Wildman–Crippen MR) is 131 cm³/mol. The van der Waals surface area contributed by atoms with E-state index in [1.54, 1.807) is 79.7 Å². The summed E-state index contributed by atoms with van der Waals surface area (Å²) in [5.74, 6) is -0.815. The number of ether oxygens (including phenoxy) is 1. The molecule has 0 heterocycles.